The summed E-state index contributed by atoms with van der Waals surface area (Å²) in [4.78, 5) is 5.22. The summed E-state index contributed by atoms with van der Waals surface area (Å²) in [6.07, 6.45) is 3.11. The predicted octanol–water partition coefficient (Wildman–Crippen LogP) is 11.9. The van der Waals surface area contributed by atoms with Crippen LogP contribution in [-0.4, -0.2) is 4.98 Å². The lowest BCUT2D eigenvalue weighted by molar-refractivity contribution is 0.769. The first-order valence-electron chi connectivity index (χ1n) is 17.9. The van der Waals surface area contributed by atoms with Gasteiger partial charge >= 0.3 is 0 Å². The molecule has 0 amide bonds. The lowest BCUT2D eigenvalue weighted by atomic mass is 9.67. The van der Waals surface area contributed by atoms with E-state index in [1.54, 1.807) is 6.08 Å². The molecule has 3 heteroatoms. The minimum atomic E-state index is -0.611. The van der Waals surface area contributed by atoms with E-state index in [2.05, 4.69) is 164 Å². The Bertz CT molecular complexity index is 2760. The quantitative estimate of drug-likeness (QED) is 0.141. The van der Waals surface area contributed by atoms with Gasteiger partial charge in [0.15, 0.2) is 0 Å². The van der Waals surface area contributed by atoms with E-state index in [1.807, 2.05) is 19.1 Å². The second-order valence-electron chi connectivity index (χ2n) is 13.7. The number of rotatable bonds is 6. The lowest BCUT2D eigenvalue weighted by Crippen LogP contribution is -2.28. The molecule has 0 aliphatic heterocycles. The highest BCUT2D eigenvalue weighted by Crippen LogP contribution is 2.59. The highest BCUT2D eigenvalue weighted by atomic mass is 14.7. The fourth-order valence-corrected chi connectivity index (χ4v) is 8.33. The summed E-state index contributed by atoms with van der Waals surface area (Å²) in [5.74, 6) is 0. The van der Waals surface area contributed by atoms with E-state index in [1.165, 1.54) is 66.9 Å². The molecule has 0 bridgehead atoms. The first-order valence-corrected chi connectivity index (χ1v) is 17.9. The third-order valence-electron chi connectivity index (χ3n) is 10.7. The van der Waals surface area contributed by atoms with E-state index in [0.717, 1.165) is 27.9 Å². The zero-order valence-electron chi connectivity index (χ0n) is 29.3. The lowest BCUT2D eigenvalue weighted by Gasteiger charge is -2.34. The highest BCUT2D eigenvalue weighted by Gasteiger charge is 2.47. The van der Waals surface area contributed by atoms with E-state index < -0.39 is 5.41 Å². The van der Waals surface area contributed by atoms with Gasteiger partial charge in [-0.25, -0.2) is 4.98 Å². The Morgan fingerprint density at radius 3 is 1.96 bits per heavy atom. The fourth-order valence-electron chi connectivity index (χ4n) is 8.33. The molecule has 1 heterocycles. The van der Waals surface area contributed by atoms with Crippen LogP contribution < -0.4 is 5.73 Å². The molecular weight excluding hydrogens is 643 g/mol. The van der Waals surface area contributed by atoms with Crippen LogP contribution in [0.2, 0.25) is 0 Å². The largest absolute Gasteiger partial charge is 0.404 e. The van der Waals surface area contributed by atoms with E-state index in [0.29, 0.717) is 5.57 Å². The van der Waals surface area contributed by atoms with Crippen molar-refractivity contribution in [2.24, 2.45) is 5.73 Å². The summed E-state index contributed by atoms with van der Waals surface area (Å²) in [6, 6.07) is 63.6. The molecule has 0 unspecified atom stereocenters. The molecule has 0 atom stereocenters. The highest BCUT2D eigenvalue weighted by molar-refractivity contribution is 6.10. The number of hydrogen-bond donors (Lipinski definition) is 1. The van der Waals surface area contributed by atoms with Crippen molar-refractivity contribution < 1.29 is 0 Å². The molecule has 0 fully saturated rings. The summed E-state index contributed by atoms with van der Waals surface area (Å²) in [5.41, 5.74) is 18.9. The van der Waals surface area contributed by atoms with Gasteiger partial charge in [0.05, 0.1) is 22.4 Å². The number of fused-ring (bicyclic) bond motifs is 6. The normalized spacial score (nSPS) is 13.4. The van der Waals surface area contributed by atoms with Gasteiger partial charge in [0.1, 0.15) is 6.07 Å². The summed E-state index contributed by atoms with van der Waals surface area (Å²) >= 11 is 0. The van der Waals surface area contributed by atoms with Crippen LogP contribution in [0.25, 0.3) is 60.6 Å². The molecule has 0 saturated carbocycles. The van der Waals surface area contributed by atoms with Crippen molar-refractivity contribution in [1.82, 2.24) is 4.98 Å². The average Bonchev–Trinajstić information content (AvgIpc) is 3.53. The average molecular weight is 678 g/mol. The minimum Gasteiger partial charge on any atom is -0.404 e. The first-order chi connectivity index (χ1) is 26.1. The van der Waals surface area contributed by atoms with Gasteiger partial charge in [-0.05, 0) is 115 Å². The molecule has 0 saturated heterocycles. The number of allylic oxidation sites excluding steroid dienone is 3. The second-order valence-corrected chi connectivity index (χ2v) is 13.7. The number of pyridine rings is 1. The van der Waals surface area contributed by atoms with Gasteiger partial charge < -0.3 is 5.73 Å². The summed E-state index contributed by atoms with van der Waals surface area (Å²) in [6.45, 7) is 1.97. The van der Waals surface area contributed by atoms with Crippen LogP contribution >= 0.6 is 0 Å². The number of nitrogens with zero attached hydrogens (tertiary/aromatic N) is 2. The van der Waals surface area contributed by atoms with Gasteiger partial charge in [-0.1, -0.05) is 140 Å². The van der Waals surface area contributed by atoms with Gasteiger partial charge in [-0.2, -0.15) is 5.26 Å². The molecule has 1 aromatic heterocycles. The molecule has 8 aromatic rings. The third-order valence-corrected chi connectivity index (χ3v) is 10.7. The zero-order chi connectivity index (χ0) is 35.9. The van der Waals surface area contributed by atoms with Crippen LogP contribution in [0.3, 0.4) is 0 Å². The number of hydrogen-bond acceptors (Lipinski definition) is 3. The molecule has 9 rings (SSSR count). The predicted molar refractivity (Wildman–Crippen MR) is 219 cm³/mol. The van der Waals surface area contributed by atoms with Crippen molar-refractivity contribution in [3.63, 3.8) is 0 Å². The van der Waals surface area contributed by atoms with Crippen LogP contribution in [0.4, 0.5) is 0 Å². The van der Waals surface area contributed by atoms with Crippen LogP contribution in [0, 0.1) is 11.3 Å². The maximum Gasteiger partial charge on any atom is 0.101 e. The maximum atomic E-state index is 9.53. The SMILES string of the molecule is C/C(=C\C(C#N)=C/N)c1cccc(-c2cc3c(c4ccccc24)-c2ccc(-c4ccc5ccccc5c4)cc2C3(c2ccccc2)c2ccccc2)n1. The Morgan fingerprint density at radius 2 is 1.25 bits per heavy atom. The zero-order valence-corrected chi connectivity index (χ0v) is 29.3. The molecule has 1 aliphatic rings. The second kappa shape index (κ2) is 12.9. The van der Waals surface area contributed by atoms with Crippen molar-refractivity contribution in [3.8, 4) is 39.6 Å². The number of benzene rings is 7. The Morgan fingerprint density at radius 1 is 0.604 bits per heavy atom. The topological polar surface area (TPSA) is 62.7 Å². The third kappa shape index (κ3) is 5.15. The summed E-state index contributed by atoms with van der Waals surface area (Å²) in [5, 5.41) is 14.3. The van der Waals surface area contributed by atoms with Crippen LogP contribution in [0.5, 0.6) is 0 Å². The molecular formula is C50H35N3. The van der Waals surface area contributed by atoms with Crippen LogP contribution in [0.1, 0.15) is 34.9 Å². The molecule has 250 valence electrons. The molecule has 2 N–H and O–H groups in total. The Hall–Kier alpha value is -7.02. The molecule has 0 spiro atoms. The van der Waals surface area contributed by atoms with Gasteiger partial charge in [0, 0.05) is 11.8 Å². The fraction of sp³-hybridized carbons (Fsp3) is 0.0400. The Balaban J connectivity index is 1.36. The van der Waals surface area contributed by atoms with Crippen molar-refractivity contribution in [2.75, 3.05) is 0 Å². The van der Waals surface area contributed by atoms with Gasteiger partial charge in [-0.3, -0.25) is 0 Å². The Kier molecular flexibility index (Phi) is 7.80. The molecule has 1 aliphatic carbocycles. The van der Waals surface area contributed by atoms with E-state index in [-0.39, 0.29) is 0 Å². The molecule has 3 nitrogen and oxygen atoms in total. The minimum absolute atomic E-state index is 0.397. The van der Waals surface area contributed by atoms with E-state index >= 15 is 0 Å². The van der Waals surface area contributed by atoms with Gasteiger partial charge in [0.2, 0.25) is 0 Å². The maximum absolute atomic E-state index is 9.53. The van der Waals surface area contributed by atoms with E-state index in [9.17, 15) is 5.26 Å². The van der Waals surface area contributed by atoms with E-state index in [4.69, 9.17) is 10.7 Å². The number of nitrogens with two attached hydrogens (primary N) is 1. The molecule has 53 heavy (non-hydrogen) atoms. The first kappa shape index (κ1) is 31.9. The van der Waals surface area contributed by atoms with Crippen LogP contribution in [0.15, 0.2) is 188 Å². The monoisotopic (exact) mass is 677 g/mol. The van der Waals surface area contributed by atoms with Crippen LogP contribution in [-0.2, 0) is 5.41 Å². The smallest absolute Gasteiger partial charge is 0.101 e. The van der Waals surface area contributed by atoms with Gasteiger partial charge in [-0.15, -0.1) is 0 Å². The van der Waals surface area contributed by atoms with Crippen molar-refractivity contribution >= 4 is 27.1 Å². The molecule has 0 radical (unpaired) electrons. The summed E-state index contributed by atoms with van der Waals surface area (Å²) < 4.78 is 0. The van der Waals surface area contributed by atoms with Crippen molar-refractivity contribution in [2.45, 2.75) is 12.3 Å². The Labute approximate surface area is 309 Å². The van der Waals surface area contributed by atoms with Crippen molar-refractivity contribution in [1.29, 1.82) is 5.26 Å². The number of nitriles is 1. The summed E-state index contributed by atoms with van der Waals surface area (Å²) in [7, 11) is 0. The number of aromatic nitrogens is 1. The van der Waals surface area contributed by atoms with Crippen molar-refractivity contribution in [3.05, 3.63) is 216 Å². The molecule has 7 aromatic carbocycles. The van der Waals surface area contributed by atoms with Gasteiger partial charge in [0.25, 0.3) is 0 Å². The standard InChI is InChI=1S/C50H35N3/c1-33(27-34(31-51)32-52)47-21-12-22-48(53-47)44-30-46-49(42-20-11-10-19-41(42)44)43-26-25-38(37-24-23-35-13-8-9-14-36(35)28-37)29-45(43)50(46,39-15-4-2-5-16-39)40-17-6-3-7-18-40/h2-31H,51H2,1H3/b33-27+,34-31+.